The van der Waals surface area contributed by atoms with Crippen LogP contribution in [0.15, 0.2) is 24.4 Å². The minimum absolute atomic E-state index is 0.0819. The minimum atomic E-state index is -0.0819. The van der Waals surface area contributed by atoms with Gasteiger partial charge in [0.25, 0.3) is 5.91 Å². The zero-order valence-electron chi connectivity index (χ0n) is 11.3. The van der Waals surface area contributed by atoms with Gasteiger partial charge in [-0.05, 0) is 26.0 Å². The number of amides is 1. The van der Waals surface area contributed by atoms with Crippen molar-refractivity contribution in [3.63, 3.8) is 0 Å². The summed E-state index contributed by atoms with van der Waals surface area (Å²) in [7, 11) is 1.64. The van der Waals surface area contributed by atoms with Crippen molar-refractivity contribution >= 4 is 22.9 Å². The molecule has 0 fully saturated rings. The molecule has 5 heteroatoms. The number of hydrogen-bond acceptors (Lipinski definition) is 4. The predicted molar refractivity (Wildman–Crippen MR) is 78.7 cm³/mol. The van der Waals surface area contributed by atoms with Gasteiger partial charge in [-0.2, -0.15) is 0 Å². The highest BCUT2D eigenvalue weighted by molar-refractivity contribution is 7.11. The Morgan fingerprint density at radius 3 is 2.79 bits per heavy atom. The molecule has 0 spiro atoms. The zero-order valence-corrected chi connectivity index (χ0v) is 12.1. The Balaban J connectivity index is 2.17. The van der Waals surface area contributed by atoms with E-state index in [4.69, 9.17) is 0 Å². The summed E-state index contributed by atoms with van der Waals surface area (Å²) in [5.41, 5.74) is 2.56. The van der Waals surface area contributed by atoms with Gasteiger partial charge in [-0.25, -0.2) is 4.98 Å². The van der Waals surface area contributed by atoms with Crippen LogP contribution in [0.3, 0.4) is 0 Å². The second-order valence-corrected chi connectivity index (χ2v) is 5.67. The molecule has 1 aromatic carbocycles. The molecule has 2 N–H and O–H groups in total. The Labute approximate surface area is 116 Å². The number of carbonyl (C=O) groups excluding carboxylic acids is 1. The molecule has 0 aliphatic heterocycles. The van der Waals surface area contributed by atoms with Crippen LogP contribution in [0.5, 0.6) is 0 Å². The fourth-order valence-corrected chi connectivity index (χ4v) is 2.52. The fraction of sp³-hybridized carbons (Fsp3) is 0.286. The molecule has 0 saturated carbocycles. The van der Waals surface area contributed by atoms with Crippen LogP contribution < -0.4 is 10.6 Å². The largest absolute Gasteiger partial charge is 0.378 e. The summed E-state index contributed by atoms with van der Waals surface area (Å²) in [5, 5.41) is 6.95. The third-order valence-electron chi connectivity index (χ3n) is 2.75. The number of nitrogens with one attached hydrogen (secondary N) is 2. The SMILES string of the molecule is CNC(=O)c1cc(C)ccc1NCc1ncc(C)s1. The molecule has 2 aromatic rings. The normalized spacial score (nSPS) is 10.3. The van der Waals surface area contributed by atoms with Crippen molar-refractivity contribution in [2.45, 2.75) is 20.4 Å². The molecule has 0 unspecified atom stereocenters. The maximum absolute atomic E-state index is 11.8. The van der Waals surface area contributed by atoms with Gasteiger partial charge in [0.2, 0.25) is 0 Å². The number of rotatable bonds is 4. The molecule has 0 aliphatic rings. The van der Waals surface area contributed by atoms with Crippen LogP contribution in [-0.4, -0.2) is 17.9 Å². The number of aryl methyl sites for hydroxylation is 2. The lowest BCUT2D eigenvalue weighted by Gasteiger charge is -2.11. The van der Waals surface area contributed by atoms with E-state index in [2.05, 4.69) is 15.6 Å². The van der Waals surface area contributed by atoms with Gasteiger partial charge in [0, 0.05) is 23.8 Å². The molecule has 1 heterocycles. The second-order valence-electron chi connectivity index (χ2n) is 4.35. The average Bonchev–Trinajstić information content (AvgIpc) is 2.82. The maximum Gasteiger partial charge on any atom is 0.253 e. The van der Waals surface area contributed by atoms with Gasteiger partial charge >= 0.3 is 0 Å². The standard InChI is InChI=1S/C14H17N3OS/c1-9-4-5-12(11(6-9)14(18)15-3)16-8-13-17-7-10(2)19-13/h4-7,16H,8H2,1-3H3,(H,15,18). The molecule has 0 aliphatic carbocycles. The first-order chi connectivity index (χ1) is 9.10. The van der Waals surface area contributed by atoms with E-state index in [1.54, 1.807) is 18.4 Å². The smallest absolute Gasteiger partial charge is 0.253 e. The maximum atomic E-state index is 11.8. The van der Waals surface area contributed by atoms with E-state index in [1.807, 2.05) is 38.2 Å². The van der Waals surface area contributed by atoms with Gasteiger partial charge in [-0.1, -0.05) is 11.6 Å². The molecular formula is C14H17N3OS. The number of anilines is 1. The van der Waals surface area contributed by atoms with E-state index in [9.17, 15) is 4.79 Å². The van der Waals surface area contributed by atoms with Crippen LogP contribution in [0.4, 0.5) is 5.69 Å². The van der Waals surface area contributed by atoms with Gasteiger partial charge in [-0.3, -0.25) is 4.79 Å². The van der Waals surface area contributed by atoms with Gasteiger partial charge in [0.1, 0.15) is 5.01 Å². The summed E-state index contributed by atoms with van der Waals surface area (Å²) < 4.78 is 0. The van der Waals surface area contributed by atoms with Crippen molar-refractivity contribution in [1.29, 1.82) is 0 Å². The fourth-order valence-electron chi connectivity index (χ4n) is 1.79. The molecule has 100 valence electrons. The van der Waals surface area contributed by atoms with Crippen molar-refractivity contribution in [3.05, 3.63) is 45.4 Å². The van der Waals surface area contributed by atoms with E-state index in [1.165, 1.54) is 4.88 Å². The molecule has 4 nitrogen and oxygen atoms in total. The summed E-state index contributed by atoms with van der Waals surface area (Å²) in [6, 6.07) is 5.80. The molecule has 1 aromatic heterocycles. The third kappa shape index (κ3) is 3.32. The van der Waals surface area contributed by atoms with Crippen LogP contribution >= 0.6 is 11.3 Å². The Hall–Kier alpha value is -1.88. The molecule has 0 radical (unpaired) electrons. The van der Waals surface area contributed by atoms with Crippen molar-refractivity contribution in [1.82, 2.24) is 10.3 Å². The summed E-state index contributed by atoms with van der Waals surface area (Å²) >= 11 is 1.66. The lowest BCUT2D eigenvalue weighted by atomic mass is 10.1. The van der Waals surface area contributed by atoms with Crippen LogP contribution in [0.2, 0.25) is 0 Å². The topological polar surface area (TPSA) is 54.0 Å². The monoisotopic (exact) mass is 275 g/mol. The number of benzene rings is 1. The lowest BCUT2D eigenvalue weighted by Crippen LogP contribution is -2.19. The van der Waals surface area contributed by atoms with Gasteiger partial charge in [0.15, 0.2) is 0 Å². The van der Waals surface area contributed by atoms with E-state index in [-0.39, 0.29) is 5.91 Å². The second kappa shape index (κ2) is 5.84. The van der Waals surface area contributed by atoms with Gasteiger partial charge < -0.3 is 10.6 Å². The molecule has 0 bridgehead atoms. The number of aromatic nitrogens is 1. The summed E-state index contributed by atoms with van der Waals surface area (Å²) in [6.45, 7) is 4.63. The highest BCUT2D eigenvalue weighted by Crippen LogP contribution is 2.19. The van der Waals surface area contributed by atoms with E-state index in [0.29, 0.717) is 12.1 Å². The summed E-state index contributed by atoms with van der Waals surface area (Å²) in [6.07, 6.45) is 1.86. The summed E-state index contributed by atoms with van der Waals surface area (Å²) in [4.78, 5) is 17.3. The third-order valence-corrected chi connectivity index (χ3v) is 3.66. The Bertz CT molecular complexity index is 592. The Morgan fingerprint density at radius 2 is 2.16 bits per heavy atom. The quantitative estimate of drug-likeness (QED) is 0.902. The molecular weight excluding hydrogens is 258 g/mol. The first-order valence-electron chi connectivity index (χ1n) is 6.08. The van der Waals surface area contributed by atoms with Crippen LogP contribution in [0.1, 0.15) is 25.8 Å². The Kier molecular flexibility index (Phi) is 4.16. The lowest BCUT2D eigenvalue weighted by molar-refractivity contribution is 0.0964. The number of carbonyl (C=O) groups is 1. The van der Waals surface area contributed by atoms with E-state index in [0.717, 1.165) is 16.3 Å². The molecule has 0 saturated heterocycles. The number of thiazole rings is 1. The number of nitrogens with zero attached hydrogens (tertiary/aromatic N) is 1. The zero-order chi connectivity index (χ0) is 13.8. The minimum Gasteiger partial charge on any atom is -0.378 e. The van der Waals surface area contributed by atoms with Crippen LogP contribution in [0, 0.1) is 13.8 Å². The van der Waals surface area contributed by atoms with Crippen LogP contribution in [0.25, 0.3) is 0 Å². The van der Waals surface area contributed by atoms with Gasteiger partial charge in [0.05, 0.1) is 12.1 Å². The first-order valence-corrected chi connectivity index (χ1v) is 6.89. The molecule has 1 amide bonds. The van der Waals surface area contributed by atoms with Crippen molar-refractivity contribution < 1.29 is 4.79 Å². The highest BCUT2D eigenvalue weighted by Gasteiger charge is 2.10. The van der Waals surface area contributed by atoms with E-state index < -0.39 is 0 Å². The van der Waals surface area contributed by atoms with Crippen LogP contribution in [-0.2, 0) is 6.54 Å². The molecule has 2 rings (SSSR count). The molecule has 0 atom stereocenters. The highest BCUT2D eigenvalue weighted by atomic mass is 32.1. The van der Waals surface area contributed by atoms with Crippen molar-refractivity contribution in [2.75, 3.05) is 12.4 Å². The van der Waals surface area contributed by atoms with E-state index >= 15 is 0 Å². The first kappa shape index (κ1) is 13.5. The summed E-state index contributed by atoms with van der Waals surface area (Å²) in [5.74, 6) is -0.0819. The Morgan fingerprint density at radius 1 is 1.37 bits per heavy atom. The number of hydrogen-bond donors (Lipinski definition) is 2. The average molecular weight is 275 g/mol. The van der Waals surface area contributed by atoms with Crippen molar-refractivity contribution in [3.8, 4) is 0 Å². The van der Waals surface area contributed by atoms with Gasteiger partial charge in [-0.15, -0.1) is 11.3 Å². The van der Waals surface area contributed by atoms with Crippen molar-refractivity contribution in [2.24, 2.45) is 0 Å². The molecule has 19 heavy (non-hydrogen) atoms. The predicted octanol–water partition coefficient (Wildman–Crippen LogP) is 2.73.